The molecule has 0 fully saturated rings. The summed E-state index contributed by atoms with van der Waals surface area (Å²) in [6.07, 6.45) is 0.988. The lowest BCUT2D eigenvalue weighted by atomic mass is 10.2. The summed E-state index contributed by atoms with van der Waals surface area (Å²) >= 11 is 11.7. The predicted octanol–water partition coefficient (Wildman–Crippen LogP) is 3.45. The highest BCUT2D eigenvalue weighted by atomic mass is 35.5. The first-order valence-corrected chi connectivity index (χ1v) is 5.59. The molecule has 0 aliphatic carbocycles. The Hall–Kier alpha value is -0.240. The quantitative estimate of drug-likeness (QED) is 0.605. The van der Waals surface area contributed by atoms with Gasteiger partial charge in [-0.3, -0.25) is 0 Å². The summed E-state index contributed by atoms with van der Waals surface area (Å²) in [7, 11) is 0. The molecule has 0 saturated carbocycles. The predicted molar refractivity (Wildman–Crippen MR) is 63.1 cm³/mol. The molecule has 0 aromatic heterocycles. The average Bonchev–Trinajstić information content (AvgIpc) is 2.12. The summed E-state index contributed by atoms with van der Waals surface area (Å²) in [5.41, 5.74) is 1.21. The van der Waals surface area contributed by atoms with Crippen molar-refractivity contribution >= 4 is 23.2 Å². The highest BCUT2D eigenvalue weighted by Crippen LogP contribution is 2.10. The van der Waals surface area contributed by atoms with Gasteiger partial charge in [-0.05, 0) is 37.6 Å². The van der Waals surface area contributed by atoms with Gasteiger partial charge in [-0.1, -0.05) is 23.7 Å². The van der Waals surface area contributed by atoms with E-state index >= 15 is 0 Å². The van der Waals surface area contributed by atoms with E-state index in [-0.39, 0.29) is 5.38 Å². The van der Waals surface area contributed by atoms with Crippen LogP contribution in [0.4, 0.5) is 0 Å². The molecule has 0 spiro atoms. The van der Waals surface area contributed by atoms with Crippen LogP contribution in [0.15, 0.2) is 24.3 Å². The average molecular weight is 232 g/mol. The first-order chi connectivity index (χ1) is 6.68. The minimum absolute atomic E-state index is 0.238. The van der Waals surface area contributed by atoms with E-state index in [9.17, 15) is 0 Å². The Kier molecular flexibility index (Phi) is 5.31. The van der Waals surface area contributed by atoms with E-state index in [0.717, 1.165) is 24.5 Å². The van der Waals surface area contributed by atoms with Crippen molar-refractivity contribution in [3.05, 3.63) is 34.9 Å². The fraction of sp³-hybridized carbons (Fsp3) is 0.455. The molecule has 1 aromatic carbocycles. The van der Waals surface area contributed by atoms with Crippen LogP contribution in [-0.4, -0.2) is 11.9 Å². The molecule has 1 atom stereocenters. The summed E-state index contributed by atoms with van der Waals surface area (Å²) in [5, 5.41) is 4.34. The van der Waals surface area contributed by atoms with Gasteiger partial charge in [0.25, 0.3) is 0 Å². The van der Waals surface area contributed by atoms with Crippen molar-refractivity contribution < 1.29 is 0 Å². The second kappa shape index (κ2) is 6.28. The maximum absolute atomic E-state index is 5.86. The molecule has 0 amide bonds. The first kappa shape index (κ1) is 11.8. The molecule has 1 unspecified atom stereocenters. The normalized spacial score (nSPS) is 12.8. The second-order valence-corrected chi connectivity index (χ2v) is 4.56. The van der Waals surface area contributed by atoms with Crippen LogP contribution < -0.4 is 5.32 Å². The summed E-state index contributed by atoms with van der Waals surface area (Å²) in [6, 6.07) is 7.87. The van der Waals surface area contributed by atoms with E-state index in [1.807, 2.05) is 25.1 Å². The number of benzene rings is 1. The van der Waals surface area contributed by atoms with E-state index in [1.54, 1.807) is 0 Å². The number of rotatable bonds is 5. The lowest BCUT2D eigenvalue weighted by Crippen LogP contribution is -2.16. The van der Waals surface area contributed by atoms with Gasteiger partial charge in [0, 0.05) is 16.9 Å². The third kappa shape index (κ3) is 4.85. The van der Waals surface area contributed by atoms with Crippen LogP contribution in [0.1, 0.15) is 18.9 Å². The third-order valence-electron chi connectivity index (χ3n) is 1.94. The van der Waals surface area contributed by atoms with Gasteiger partial charge in [0.1, 0.15) is 0 Å². The van der Waals surface area contributed by atoms with E-state index < -0.39 is 0 Å². The van der Waals surface area contributed by atoms with Crippen molar-refractivity contribution in [1.82, 2.24) is 5.32 Å². The van der Waals surface area contributed by atoms with Crippen LogP contribution in [0.3, 0.4) is 0 Å². The van der Waals surface area contributed by atoms with E-state index in [4.69, 9.17) is 23.2 Å². The SMILES string of the molecule is CC(Cl)CCNCc1cccc(Cl)c1. The minimum atomic E-state index is 0.238. The van der Waals surface area contributed by atoms with Gasteiger partial charge in [-0.2, -0.15) is 0 Å². The molecule has 3 heteroatoms. The molecule has 14 heavy (non-hydrogen) atoms. The molecule has 1 aromatic rings. The molecule has 1 N–H and O–H groups in total. The zero-order valence-corrected chi connectivity index (χ0v) is 9.78. The molecule has 0 radical (unpaired) electrons. The fourth-order valence-electron chi connectivity index (χ4n) is 1.18. The number of hydrogen-bond donors (Lipinski definition) is 1. The second-order valence-electron chi connectivity index (χ2n) is 3.38. The molecule has 0 saturated heterocycles. The molecule has 1 nitrogen and oxygen atoms in total. The zero-order chi connectivity index (χ0) is 10.4. The Balaban J connectivity index is 2.25. The third-order valence-corrected chi connectivity index (χ3v) is 2.39. The topological polar surface area (TPSA) is 12.0 Å². The van der Waals surface area contributed by atoms with E-state index in [0.29, 0.717) is 0 Å². The minimum Gasteiger partial charge on any atom is -0.313 e. The van der Waals surface area contributed by atoms with Crippen molar-refractivity contribution in [3.8, 4) is 0 Å². The smallest absolute Gasteiger partial charge is 0.0409 e. The number of alkyl halides is 1. The van der Waals surface area contributed by atoms with Crippen molar-refractivity contribution in [2.45, 2.75) is 25.3 Å². The summed E-state index contributed by atoms with van der Waals surface area (Å²) in [5.74, 6) is 0. The van der Waals surface area contributed by atoms with Crippen molar-refractivity contribution in [2.24, 2.45) is 0 Å². The highest BCUT2D eigenvalue weighted by molar-refractivity contribution is 6.30. The van der Waals surface area contributed by atoms with Crippen LogP contribution in [0.2, 0.25) is 5.02 Å². The largest absolute Gasteiger partial charge is 0.313 e. The van der Waals surface area contributed by atoms with Crippen LogP contribution in [0, 0.1) is 0 Å². The molecule has 0 bridgehead atoms. The van der Waals surface area contributed by atoms with Crippen LogP contribution in [-0.2, 0) is 6.54 Å². The lowest BCUT2D eigenvalue weighted by molar-refractivity contribution is 0.645. The number of nitrogens with one attached hydrogen (secondary N) is 1. The van der Waals surface area contributed by atoms with Crippen molar-refractivity contribution in [2.75, 3.05) is 6.54 Å². The Morgan fingerprint density at radius 3 is 2.86 bits per heavy atom. The van der Waals surface area contributed by atoms with Crippen molar-refractivity contribution in [1.29, 1.82) is 0 Å². The summed E-state index contributed by atoms with van der Waals surface area (Å²) in [6.45, 7) is 3.80. The maximum atomic E-state index is 5.86. The summed E-state index contributed by atoms with van der Waals surface area (Å²) in [4.78, 5) is 0. The first-order valence-electron chi connectivity index (χ1n) is 4.77. The zero-order valence-electron chi connectivity index (χ0n) is 8.26. The summed E-state index contributed by atoms with van der Waals surface area (Å²) < 4.78 is 0. The highest BCUT2D eigenvalue weighted by Gasteiger charge is 1.96. The van der Waals surface area contributed by atoms with Gasteiger partial charge < -0.3 is 5.32 Å². The molecule has 0 aliphatic rings. The van der Waals surface area contributed by atoms with E-state index in [2.05, 4.69) is 11.4 Å². The fourth-order valence-corrected chi connectivity index (χ4v) is 1.50. The monoisotopic (exact) mass is 231 g/mol. The Labute approximate surface area is 95.4 Å². The number of hydrogen-bond acceptors (Lipinski definition) is 1. The molecular weight excluding hydrogens is 217 g/mol. The molecule has 78 valence electrons. The number of halogens is 2. The van der Waals surface area contributed by atoms with Crippen LogP contribution in [0.5, 0.6) is 0 Å². The Bertz CT molecular complexity index is 274. The van der Waals surface area contributed by atoms with E-state index in [1.165, 1.54) is 5.56 Å². The van der Waals surface area contributed by atoms with Gasteiger partial charge in [-0.25, -0.2) is 0 Å². The van der Waals surface area contributed by atoms with Gasteiger partial charge >= 0.3 is 0 Å². The molecule has 1 rings (SSSR count). The lowest BCUT2D eigenvalue weighted by Gasteiger charge is -2.06. The standard InChI is InChI=1S/C11H15Cl2N/c1-9(12)5-6-14-8-10-3-2-4-11(13)7-10/h2-4,7,9,14H,5-6,8H2,1H3. The van der Waals surface area contributed by atoms with Crippen LogP contribution >= 0.6 is 23.2 Å². The molecule has 0 aliphatic heterocycles. The van der Waals surface area contributed by atoms with Gasteiger partial charge in [0.15, 0.2) is 0 Å². The Morgan fingerprint density at radius 2 is 2.21 bits per heavy atom. The van der Waals surface area contributed by atoms with Crippen molar-refractivity contribution in [3.63, 3.8) is 0 Å². The van der Waals surface area contributed by atoms with Gasteiger partial charge in [0.2, 0.25) is 0 Å². The Morgan fingerprint density at radius 1 is 1.43 bits per heavy atom. The molecular formula is C11H15Cl2N. The maximum Gasteiger partial charge on any atom is 0.0409 e. The molecule has 0 heterocycles. The van der Waals surface area contributed by atoms with Gasteiger partial charge in [0.05, 0.1) is 0 Å². The van der Waals surface area contributed by atoms with Crippen LogP contribution in [0.25, 0.3) is 0 Å². The van der Waals surface area contributed by atoms with Gasteiger partial charge in [-0.15, -0.1) is 11.6 Å².